The second kappa shape index (κ2) is 20.6. The van der Waals surface area contributed by atoms with E-state index in [1.807, 2.05) is 81.4 Å². The molecular weight excluding hydrogens is 884 g/mol. The Hall–Kier alpha value is -5.02. The number of aromatic nitrogens is 2. The molecule has 11 heteroatoms. The number of carbonyl (C=O) groups excluding carboxylic acids is 2. The van der Waals surface area contributed by atoms with Crippen molar-refractivity contribution >= 4 is 55.8 Å². The van der Waals surface area contributed by atoms with Gasteiger partial charge in [0, 0.05) is 22.8 Å². The van der Waals surface area contributed by atoms with Gasteiger partial charge in [-0.3, -0.25) is 14.6 Å². The minimum Gasteiger partial charge on any atom is -0.321 e. The summed E-state index contributed by atoms with van der Waals surface area (Å²) >= 11 is 8.99. The molecule has 0 aliphatic rings. The van der Waals surface area contributed by atoms with Crippen molar-refractivity contribution in [1.82, 2.24) is 9.97 Å². The van der Waals surface area contributed by atoms with Crippen LogP contribution in [0.5, 0.6) is 0 Å². The standard InChI is InChI=1S/C25H24BrN2O2.C22H20N2O2.Cu.Fe/c1-15(2)18-11-8-12-19(16(3)4)24(18)27-14-21(29)23-20(26)13-28-25(30)22(23)17-9-6-5-7-10-17;1-14-11-15(2)21(16(3)12-14)23-13-20(25)18-9-10-19(24-22(18)26)17-7-5-4-6-8-17;;/h5-9,11-16H,1-4H3,(H,28,30);4-13H,1-3H3,(H,24,26);;. The Balaban J connectivity index is 0.000000256. The molecule has 302 valence electrons. The van der Waals surface area contributed by atoms with Gasteiger partial charge in [0.15, 0.2) is 0 Å². The number of aliphatic imine (C=N–C) groups is 2. The number of para-hydroxylation sites is 1. The summed E-state index contributed by atoms with van der Waals surface area (Å²) < 4.78 is 0.965. The van der Waals surface area contributed by atoms with Crippen molar-refractivity contribution in [3.63, 3.8) is 0 Å². The number of halogens is 1. The van der Waals surface area contributed by atoms with Crippen molar-refractivity contribution in [2.24, 2.45) is 9.98 Å². The van der Waals surface area contributed by atoms with E-state index in [1.165, 1.54) is 18.6 Å². The van der Waals surface area contributed by atoms with E-state index in [-0.39, 0.29) is 56.9 Å². The minimum absolute atomic E-state index is 0. The molecule has 0 aliphatic heterocycles. The number of Topliss-reactive ketones (excluding diaryl/α,β-unsaturated/α-hetero) is 2. The van der Waals surface area contributed by atoms with Crippen LogP contribution in [0.15, 0.2) is 127 Å². The molecule has 0 unspecified atom stereocenters. The average molecular weight is 928 g/mol. The molecule has 0 aliphatic carbocycles. The first-order chi connectivity index (χ1) is 27.2. The molecule has 0 bridgehead atoms. The van der Waals surface area contributed by atoms with Gasteiger partial charge in [0.05, 0.1) is 17.5 Å². The zero-order valence-corrected chi connectivity index (χ0v) is 36.8. The van der Waals surface area contributed by atoms with Gasteiger partial charge in [-0.05, 0) is 49.6 Å². The Morgan fingerprint density at radius 2 is 1.28 bits per heavy atom. The summed E-state index contributed by atoms with van der Waals surface area (Å²) in [5.41, 5.74) is 8.76. The number of pyridine rings is 2. The van der Waals surface area contributed by atoms with Crippen LogP contribution in [-0.4, -0.2) is 34.0 Å². The number of aromatic amines is 2. The summed E-state index contributed by atoms with van der Waals surface area (Å²) in [6.07, 6.45) is 4.00. The van der Waals surface area contributed by atoms with Gasteiger partial charge in [0.1, 0.15) is 0 Å². The fourth-order valence-electron chi connectivity index (χ4n) is 6.52. The fourth-order valence-corrected chi connectivity index (χ4v) is 7.31. The SMILES string of the molecule is CC(C)c1cccc(C(C)C)c1N=CC(=O)c1c(Br)c[nH]c(=O)c1-c1cccc[c]1[Cu].Cc1cc(C)c(N=CC(=O)c2ccc(-c3ccccc3)[nH]c2=O)c(C)c1.[Fe]. The van der Waals surface area contributed by atoms with Crippen LogP contribution >= 0.6 is 15.9 Å². The van der Waals surface area contributed by atoms with Crippen LogP contribution in [0.2, 0.25) is 0 Å². The smallest absolute Gasteiger partial charge is 0.259 e. The van der Waals surface area contributed by atoms with Crippen LogP contribution in [0, 0.1) is 20.8 Å². The predicted molar refractivity (Wildman–Crippen MR) is 233 cm³/mol. The van der Waals surface area contributed by atoms with Crippen LogP contribution in [0.25, 0.3) is 22.4 Å². The van der Waals surface area contributed by atoms with E-state index in [1.54, 1.807) is 36.4 Å². The minimum atomic E-state index is -0.417. The topological polar surface area (TPSA) is 125 Å². The van der Waals surface area contributed by atoms with Gasteiger partial charge >= 0.3 is 200 Å². The van der Waals surface area contributed by atoms with Crippen molar-refractivity contribution in [3.05, 3.63) is 167 Å². The summed E-state index contributed by atoms with van der Waals surface area (Å²) in [5, 5.41) is 0. The Morgan fingerprint density at radius 1 is 0.707 bits per heavy atom. The first-order valence-corrected chi connectivity index (χ1v) is 19.7. The maximum Gasteiger partial charge on any atom is 0.259 e. The molecule has 8 nitrogen and oxygen atoms in total. The quantitative estimate of drug-likeness (QED) is 0.0806. The summed E-state index contributed by atoms with van der Waals surface area (Å²) in [6, 6.07) is 30.0. The third-order valence-electron chi connectivity index (χ3n) is 9.26. The summed E-state index contributed by atoms with van der Waals surface area (Å²) in [4.78, 5) is 65.1. The van der Waals surface area contributed by atoms with Crippen LogP contribution in [0.1, 0.15) is 88.1 Å². The van der Waals surface area contributed by atoms with Crippen LogP contribution in [-0.2, 0) is 33.1 Å². The number of nitrogens with zero attached hydrogens (tertiary/aromatic N) is 2. The average Bonchev–Trinajstić information content (AvgIpc) is 3.17. The fraction of sp³-hybridized carbons (Fsp3) is 0.191. The maximum atomic E-state index is 13.3. The number of hydrogen-bond donors (Lipinski definition) is 2. The first kappa shape index (κ1) is 45.7. The van der Waals surface area contributed by atoms with E-state index in [2.05, 4.69) is 63.6 Å². The van der Waals surface area contributed by atoms with E-state index >= 15 is 0 Å². The van der Waals surface area contributed by atoms with Gasteiger partial charge in [-0.1, -0.05) is 48.0 Å². The number of ketones is 2. The van der Waals surface area contributed by atoms with E-state index in [0.717, 1.165) is 44.8 Å². The molecule has 58 heavy (non-hydrogen) atoms. The van der Waals surface area contributed by atoms with E-state index in [0.29, 0.717) is 20.2 Å². The van der Waals surface area contributed by atoms with Crippen LogP contribution < -0.4 is 15.6 Å². The molecule has 2 aromatic heterocycles. The Bertz CT molecular complexity index is 2580. The molecule has 4 aromatic carbocycles. The number of rotatable bonds is 10. The molecule has 6 aromatic rings. The second-order valence-electron chi connectivity index (χ2n) is 14.2. The monoisotopic (exact) mass is 926 g/mol. The van der Waals surface area contributed by atoms with Gasteiger partial charge in [0.2, 0.25) is 5.78 Å². The molecule has 2 N–H and O–H groups in total. The van der Waals surface area contributed by atoms with E-state index < -0.39 is 11.3 Å². The van der Waals surface area contributed by atoms with Gasteiger partial charge in [0.25, 0.3) is 5.56 Å². The first-order valence-electron chi connectivity index (χ1n) is 18.5. The van der Waals surface area contributed by atoms with Crippen molar-refractivity contribution in [2.45, 2.75) is 60.3 Å². The molecule has 0 spiro atoms. The molecule has 0 radical (unpaired) electrons. The molecule has 0 saturated carbocycles. The molecule has 0 saturated heterocycles. The third-order valence-corrected chi connectivity index (χ3v) is 10.3. The maximum absolute atomic E-state index is 13.3. The number of H-pyrrole nitrogens is 2. The second-order valence-corrected chi connectivity index (χ2v) is 15.6. The summed E-state index contributed by atoms with van der Waals surface area (Å²) in [5.74, 6) is -0.259. The molecule has 0 amide bonds. The Kier molecular flexibility index (Phi) is 16.2. The van der Waals surface area contributed by atoms with E-state index in [4.69, 9.17) is 16.0 Å². The Labute approximate surface area is 366 Å². The predicted octanol–water partition coefficient (Wildman–Crippen LogP) is 10.4. The third kappa shape index (κ3) is 10.9. The van der Waals surface area contributed by atoms with Gasteiger partial charge in [-0.2, -0.15) is 0 Å². The largest absolute Gasteiger partial charge is 0.321 e. The van der Waals surface area contributed by atoms with Gasteiger partial charge in [-0.25, -0.2) is 0 Å². The van der Waals surface area contributed by atoms with Crippen molar-refractivity contribution in [3.8, 4) is 22.4 Å². The number of benzene rings is 4. The van der Waals surface area contributed by atoms with E-state index in [9.17, 15) is 19.2 Å². The van der Waals surface area contributed by atoms with Crippen molar-refractivity contribution < 1.29 is 42.7 Å². The van der Waals surface area contributed by atoms with Gasteiger partial charge < -0.3 is 4.98 Å². The number of nitrogens with one attached hydrogen (secondary N) is 2. The van der Waals surface area contributed by atoms with Gasteiger partial charge in [-0.15, -0.1) is 0 Å². The number of hydrogen-bond acceptors (Lipinski definition) is 6. The van der Waals surface area contributed by atoms with Crippen LogP contribution in [0.4, 0.5) is 11.4 Å². The Morgan fingerprint density at radius 3 is 1.86 bits per heavy atom. The molecule has 6 rings (SSSR count). The summed E-state index contributed by atoms with van der Waals surface area (Å²) in [7, 11) is 0. The number of carbonyl (C=O) groups is 2. The molecule has 0 fully saturated rings. The molecule has 0 atom stereocenters. The normalized spacial score (nSPS) is 11.2. The zero-order valence-electron chi connectivity index (χ0n) is 33.2. The van der Waals surface area contributed by atoms with Crippen molar-refractivity contribution in [1.29, 1.82) is 0 Å². The number of aryl methyl sites for hydroxylation is 3. The van der Waals surface area contributed by atoms with Crippen LogP contribution in [0.3, 0.4) is 0 Å². The molecular formula is C47H44BrCuFeN4O4. The van der Waals surface area contributed by atoms with Crippen molar-refractivity contribution in [2.75, 3.05) is 0 Å². The summed E-state index contributed by atoms with van der Waals surface area (Å²) in [6.45, 7) is 14.3. The molecule has 2 heterocycles. The zero-order chi connectivity index (χ0) is 41.4.